The summed E-state index contributed by atoms with van der Waals surface area (Å²) in [6, 6.07) is 21.4. The number of halogens is 1. The van der Waals surface area contributed by atoms with Crippen LogP contribution in [0.25, 0.3) is 0 Å². The number of piperidine rings is 1. The standard InChI is InChI=1S/C28H27ClN2O2S/c1-18-8-7-9-19(2)31(18)27(32)20-14-15-26-24(16-20)30(17-21-10-3-5-12-23(21)29)28(33)22-11-4-6-13-25(22)34-26/h3-6,10-16,18-19H,7-9,17H2,1-2H3/t18-,19-/m1/s1. The highest BCUT2D eigenvalue weighted by Gasteiger charge is 2.32. The van der Waals surface area contributed by atoms with E-state index in [1.54, 1.807) is 16.7 Å². The van der Waals surface area contributed by atoms with Gasteiger partial charge in [-0.2, -0.15) is 0 Å². The maximum Gasteiger partial charge on any atom is 0.259 e. The molecule has 0 spiro atoms. The first-order valence-electron chi connectivity index (χ1n) is 11.7. The van der Waals surface area contributed by atoms with Gasteiger partial charge >= 0.3 is 0 Å². The summed E-state index contributed by atoms with van der Waals surface area (Å²) in [7, 11) is 0. The molecule has 5 rings (SSSR count). The molecule has 2 aliphatic heterocycles. The summed E-state index contributed by atoms with van der Waals surface area (Å²) in [4.78, 5) is 33.0. The predicted octanol–water partition coefficient (Wildman–Crippen LogP) is 7.05. The summed E-state index contributed by atoms with van der Waals surface area (Å²) in [5, 5.41) is 0.616. The van der Waals surface area contributed by atoms with Gasteiger partial charge in [-0.05, 0) is 75.1 Å². The topological polar surface area (TPSA) is 40.6 Å². The van der Waals surface area contributed by atoms with Crippen LogP contribution in [0.5, 0.6) is 0 Å². The van der Waals surface area contributed by atoms with Crippen molar-refractivity contribution < 1.29 is 9.59 Å². The van der Waals surface area contributed by atoms with E-state index in [1.807, 2.05) is 71.6 Å². The highest BCUT2D eigenvalue weighted by molar-refractivity contribution is 7.99. The number of carbonyl (C=O) groups is 2. The van der Waals surface area contributed by atoms with Gasteiger partial charge in [0.25, 0.3) is 11.8 Å². The molecule has 0 bridgehead atoms. The molecule has 4 nitrogen and oxygen atoms in total. The molecule has 3 aromatic rings. The Morgan fingerprint density at radius 3 is 2.44 bits per heavy atom. The molecule has 174 valence electrons. The average molecular weight is 491 g/mol. The average Bonchev–Trinajstić information content (AvgIpc) is 2.94. The van der Waals surface area contributed by atoms with E-state index in [0.29, 0.717) is 22.7 Å². The Balaban J connectivity index is 1.60. The number of hydrogen-bond donors (Lipinski definition) is 0. The van der Waals surface area contributed by atoms with Crippen LogP contribution in [0.1, 0.15) is 59.4 Å². The van der Waals surface area contributed by atoms with E-state index in [-0.39, 0.29) is 23.9 Å². The quantitative estimate of drug-likeness (QED) is 0.394. The van der Waals surface area contributed by atoms with Crippen LogP contribution in [0, 0.1) is 0 Å². The minimum absolute atomic E-state index is 0.0272. The van der Waals surface area contributed by atoms with Crippen LogP contribution in [0.3, 0.4) is 0 Å². The summed E-state index contributed by atoms with van der Waals surface area (Å²) >= 11 is 8.03. The van der Waals surface area contributed by atoms with E-state index >= 15 is 0 Å². The van der Waals surface area contributed by atoms with Crippen molar-refractivity contribution in [3.8, 4) is 0 Å². The fourth-order valence-corrected chi connectivity index (χ4v) is 6.23. The molecule has 0 N–H and O–H groups in total. The molecule has 2 heterocycles. The zero-order valence-electron chi connectivity index (χ0n) is 19.3. The molecule has 34 heavy (non-hydrogen) atoms. The first-order chi connectivity index (χ1) is 16.4. The normalized spacial score (nSPS) is 19.9. The lowest BCUT2D eigenvalue weighted by molar-refractivity contribution is 0.0510. The highest BCUT2D eigenvalue weighted by atomic mass is 35.5. The molecule has 0 radical (unpaired) electrons. The van der Waals surface area contributed by atoms with Gasteiger partial charge in [-0.3, -0.25) is 9.59 Å². The summed E-state index contributed by atoms with van der Waals surface area (Å²) in [6.07, 6.45) is 3.18. The number of hydrogen-bond acceptors (Lipinski definition) is 3. The molecule has 1 fully saturated rings. The number of benzene rings is 3. The number of anilines is 1. The third-order valence-electron chi connectivity index (χ3n) is 6.79. The van der Waals surface area contributed by atoms with Gasteiger partial charge in [0.1, 0.15) is 0 Å². The number of rotatable bonds is 3. The van der Waals surface area contributed by atoms with Crippen molar-refractivity contribution in [3.63, 3.8) is 0 Å². The van der Waals surface area contributed by atoms with Crippen molar-refractivity contribution >= 4 is 40.9 Å². The number of amides is 2. The van der Waals surface area contributed by atoms with Gasteiger partial charge in [0.05, 0.1) is 17.8 Å². The molecule has 2 atom stereocenters. The lowest BCUT2D eigenvalue weighted by Gasteiger charge is -2.39. The Bertz CT molecular complexity index is 1250. The van der Waals surface area contributed by atoms with Gasteiger partial charge < -0.3 is 9.80 Å². The van der Waals surface area contributed by atoms with Crippen molar-refractivity contribution in [2.75, 3.05) is 4.90 Å². The zero-order valence-corrected chi connectivity index (χ0v) is 20.9. The number of nitrogens with zero attached hydrogens (tertiary/aromatic N) is 2. The Morgan fingerprint density at radius 1 is 0.971 bits per heavy atom. The smallest absolute Gasteiger partial charge is 0.259 e. The van der Waals surface area contributed by atoms with Crippen LogP contribution in [-0.2, 0) is 6.54 Å². The number of carbonyl (C=O) groups excluding carboxylic acids is 2. The Hall–Kier alpha value is -2.76. The van der Waals surface area contributed by atoms with Crippen LogP contribution in [0.4, 0.5) is 5.69 Å². The molecule has 0 aliphatic carbocycles. The van der Waals surface area contributed by atoms with Gasteiger partial charge in [0.15, 0.2) is 0 Å². The van der Waals surface area contributed by atoms with E-state index in [2.05, 4.69) is 13.8 Å². The third kappa shape index (κ3) is 4.23. The Labute approximate surface area is 209 Å². The molecule has 0 saturated carbocycles. The lowest BCUT2D eigenvalue weighted by Crippen LogP contribution is -2.47. The molecular formula is C28H27ClN2O2S. The fraction of sp³-hybridized carbons (Fsp3) is 0.286. The summed E-state index contributed by atoms with van der Waals surface area (Å²) in [5.74, 6) is -0.0644. The third-order valence-corrected chi connectivity index (χ3v) is 8.30. The molecule has 2 aliphatic rings. The van der Waals surface area contributed by atoms with Gasteiger partial charge in [0.2, 0.25) is 0 Å². The molecule has 6 heteroatoms. The molecule has 1 saturated heterocycles. The van der Waals surface area contributed by atoms with Gasteiger partial charge in [0, 0.05) is 32.5 Å². The minimum atomic E-state index is -0.0916. The summed E-state index contributed by atoms with van der Waals surface area (Å²) in [6.45, 7) is 4.57. The van der Waals surface area contributed by atoms with Gasteiger partial charge in [-0.1, -0.05) is 53.7 Å². The monoisotopic (exact) mass is 490 g/mol. The SMILES string of the molecule is C[C@@H]1CCC[C@@H](C)N1C(=O)c1ccc2c(c1)N(Cc1ccccc1Cl)C(=O)c1ccccc1S2. The van der Waals surface area contributed by atoms with Crippen molar-refractivity contribution in [1.29, 1.82) is 0 Å². The maximum absolute atomic E-state index is 13.8. The summed E-state index contributed by atoms with van der Waals surface area (Å²) in [5.41, 5.74) is 2.88. The maximum atomic E-state index is 13.8. The first kappa shape index (κ1) is 23.0. The molecule has 0 unspecified atom stereocenters. The van der Waals surface area contributed by atoms with Crippen molar-refractivity contribution in [2.24, 2.45) is 0 Å². The number of likely N-dealkylation sites (tertiary alicyclic amines) is 1. The predicted molar refractivity (Wildman–Crippen MR) is 138 cm³/mol. The minimum Gasteiger partial charge on any atom is -0.333 e. The van der Waals surface area contributed by atoms with Crippen LogP contribution in [-0.4, -0.2) is 28.8 Å². The second-order valence-electron chi connectivity index (χ2n) is 9.10. The lowest BCUT2D eigenvalue weighted by atomic mass is 9.96. The van der Waals surface area contributed by atoms with E-state index < -0.39 is 0 Å². The second-order valence-corrected chi connectivity index (χ2v) is 10.6. The molecule has 0 aromatic heterocycles. The molecular weight excluding hydrogens is 464 g/mol. The largest absolute Gasteiger partial charge is 0.333 e. The number of fused-ring (bicyclic) bond motifs is 2. The highest BCUT2D eigenvalue weighted by Crippen LogP contribution is 2.43. The fourth-order valence-electron chi connectivity index (χ4n) is 4.98. The van der Waals surface area contributed by atoms with E-state index in [0.717, 1.165) is 40.3 Å². The van der Waals surface area contributed by atoms with Crippen LogP contribution >= 0.6 is 23.4 Å². The van der Waals surface area contributed by atoms with E-state index in [9.17, 15) is 9.59 Å². The zero-order chi connectivity index (χ0) is 23.8. The van der Waals surface area contributed by atoms with E-state index in [4.69, 9.17) is 11.6 Å². The van der Waals surface area contributed by atoms with Crippen LogP contribution < -0.4 is 4.90 Å². The van der Waals surface area contributed by atoms with Gasteiger partial charge in [-0.25, -0.2) is 0 Å². The Kier molecular flexibility index (Phi) is 6.41. The van der Waals surface area contributed by atoms with Crippen molar-refractivity contribution in [3.05, 3.63) is 88.4 Å². The molecule has 3 aromatic carbocycles. The van der Waals surface area contributed by atoms with E-state index in [1.165, 1.54) is 0 Å². The van der Waals surface area contributed by atoms with Crippen LogP contribution in [0.2, 0.25) is 5.02 Å². The second kappa shape index (κ2) is 9.47. The van der Waals surface area contributed by atoms with Crippen molar-refractivity contribution in [2.45, 2.75) is 61.5 Å². The van der Waals surface area contributed by atoms with Crippen LogP contribution in [0.15, 0.2) is 76.5 Å². The molecule has 2 amide bonds. The van der Waals surface area contributed by atoms with Gasteiger partial charge in [-0.15, -0.1) is 0 Å². The van der Waals surface area contributed by atoms with Crippen molar-refractivity contribution in [1.82, 2.24) is 4.90 Å². The first-order valence-corrected chi connectivity index (χ1v) is 12.9. The summed E-state index contributed by atoms with van der Waals surface area (Å²) < 4.78 is 0. The Morgan fingerprint density at radius 2 is 1.68 bits per heavy atom.